The van der Waals surface area contributed by atoms with Gasteiger partial charge in [-0.25, -0.2) is 9.78 Å². The van der Waals surface area contributed by atoms with Crippen LogP contribution in [-0.4, -0.2) is 54.5 Å². The van der Waals surface area contributed by atoms with Crippen LogP contribution in [0.4, 0.5) is 5.82 Å². The summed E-state index contributed by atoms with van der Waals surface area (Å²) in [5.41, 5.74) is 2.17. The second-order valence-electron chi connectivity index (χ2n) is 7.32. The highest BCUT2D eigenvalue weighted by Gasteiger charge is 2.22. The van der Waals surface area contributed by atoms with Crippen LogP contribution in [0.1, 0.15) is 30.9 Å². The Hall–Kier alpha value is -3.15. The van der Waals surface area contributed by atoms with Gasteiger partial charge in [-0.05, 0) is 35.3 Å². The number of piperazine rings is 1. The van der Waals surface area contributed by atoms with E-state index in [2.05, 4.69) is 23.7 Å². The van der Waals surface area contributed by atoms with Crippen molar-refractivity contribution in [1.29, 1.82) is 0 Å². The van der Waals surface area contributed by atoms with Crippen LogP contribution in [0.15, 0.2) is 54.7 Å². The third kappa shape index (κ3) is 5.91. The minimum Gasteiger partial charge on any atom is -0.452 e. The number of nitrogens with zero attached hydrogens (tertiary/aromatic N) is 3. The minimum atomic E-state index is -0.515. The topological polar surface area (TPSA) is 62.7 Å². The second kappa shape index (κ2) is 9.87. The molecule has 0 saturated carbocycles. The largest absolute Gasteiger partial charge is 0.452 e. The molecule has 0 unspecified atom stereocenters. The molecule has 1 aliphatic heterocycles. The molecule has 0 bridgehead atoms. The Morgan fingerprint density at radius 1 is 1.07 bits per heavy atom. The van der Waals surface area contributed by atoms with Crippen LogP contribution in [0, 0.1) is 0 Å². The van der Waals surface area contributed by atoms with E-state index < -0.39 is 5.97 Å². The summed E-state index contributed by atoms with van der Waals surface area (Å²) in [5.74, 6) is 0.694. The zero-order valence-corrected chi connectivity index (χ0v) is 17.0. The molecule has 2 heterocycles. The number of pyridine rings is 1. The summed E-state index contributed by atoms with van der Waals surface area (Å²) in [5, 5.41) is 0. The fourth-order valence-corrected chi connectivity index (χ4v) is 3.15. The minimum absolute atomic E-state index is 0.172. The normalized spacial score (nSPS) is 14.4. The molecule has 0 atom stereocenters. The first-order chi connectivity index (χ1) is 14.0. The molecule has 152 valence electrons. The van der Waals surface area contributed by atoms with Crippen molar-refractivity contribution in [1.82, 2.24) is 9.88 Å². The molecule has 0 N–H and O–H groups in total. The van der Waals surface area contributed by atoms with Gasteiger partial charge in [-0.2, -0.15) is 0 Å². The van der Waals surface area contributed by atoms with Crippen molar-refractivity contribution in [2.24, 2.45) is 0 Å². The van der Waals surface area contributed by atoms with Gasteiger partial charge >= 0.3 is 5.97 Å². The summed E-state index contributed by atoms with van der Waals surface area (Å²) in [4.78, 5) is 32.4. The average molecular weight is 393 g/mol. The Morgan fingerprint density at radius 3 is 2.41 bits per heavy atom. The maximum absolute atomic E-state index is 12.3. The van der Waals surface area contributed by atoms with E-state index in [9.17, 15) is 9.59 Å². The Labute approximate surface area is 171 Å². The Kier molecular flexibility index (Phi) is 7.00. The molecule has 1 aliphatic rings. The van der Waals surface area contributed by atoms with E-state index in [1.165, 1.54) is 11.6 Å². The fourth-order valence-electron chi connectivity index (χ4n) is 3.15. The van der Waals surface area contributed by atoms with E-state index >= 15 is 0 Å². The van der Waals surface area contributed by atoms with Crippen molar-refractivity contribution in [3.63, 3.8) is 0 Å². The van der Waals surface area contributed by atoms with Crippen LogP contribution in [0.25, 0.3) is 6.08 Å². The molecule has 29 heavy (non-hydrogen) atoms. The highest BCUT2D eigenvalue weighted by Crippen LogP contribution is 2.15. The smallest absolute Gasteiger partial charge is 0.331 e. The predicted octanol–water partition coefficient (Wildman–Crippen LogP) is 3.11. The van der Waals surface area contributed by atoms with Gasteiger partial charge in [0.05, 0.1) is 0 Å². The molecule has 0 aliphatic carbocycles. The molecule has 1 aromatic heterocycles. The summed E-state index contributed by atoms with van der Waals surface area (Å²) >= 11 is 0. The Morgan fingerprint density at radius 2 is 1.79 bits per heavy atom. The Balaban J connectivity index is 1.41. The molecule has 3 rings (SSSR count). The van der Waals surface area contributed by atoms with Crippen LogP contribution >= 0.6 is 0 Å². The van der Waals surface area contributed by atoms with E-state index in [4.69, 9.17) is 4.74 Å². The van der Waals surface area contributed by atoms with Crippen molar-refractivity contribution in [3.05, 3.63) is 65.9 Å². The van der Waals surface area contributed by atoms with Crippen molar-refractivity contribution in [3.8, 4) is 0 Å². The van der Waals surface area contributed by atoms with E-state index in [0.717, 1.165) is 11.4 Å². The summed E-state index contributed by atoms with van der Waals surface area (Å²) in [6.45, 7) is 6.64. The molecule has 1 saturated heterocycles. The average Bonchev–Trinajstić information content (AvgIpc) is 2.77. The van der Waals surface area contributed by atoms with Gasteiger partial charge in [0.2, 0.25) is 0 Å². The summed E-state index contributed by atoms with van der Waals surface area (Å²) in [7, 11) is 0. The van der Waals surface area contributed by atoms with Gasteiger partial charge < -0.3 is 14.5 Å². The number of esters is 1. The standard InChI is InChI=1S/C23H27N3O3/c1-18(2)20-9-6-19(7-10-20)8-11-23(28)29-17-22(27)26-15-13-25(14-16-26)21-5-3-4-12-24-21/h3-12,18H,13-17H2,1-2H3/b11-8+. The number of aromatic nitrogens is 1. The van der Waals surface area contributed by atoms with Gasteiger partial charge in [0.15, 0.2) is 6.61 Å². The molecule has 2 aromatic rings. The number of hydrogen-bond acceptors (Lipinski definition) is 5. The maximum atomic E-state index is 12.3. The zero-order chi connectivity index (χ0) is 20.6. The van der Waals surface area contributed by atoms with Gasteiger partial charge in [-0.3, -0.25) is 4.79 Å². The maximum Gasteiger partial charge on any atom is 0.331 e. The lowest BCUT2D eigenvalue weighted by molar-refractivity contribution is -0.148. The van der Waals surface area contributed by atoms with Crippen molar-refractivity contribution in [2.75, 3.05) is 37.7 Å². The summed E-state index contributed by atoms with van der Waals surface area (Å²) in [6, 6.07) is 13.8. The number of anilines is 1. The van der Waals surface area contributed by atoms with E-state index in [1.807, 2.05) is 42.5 Å². The number of ether oxygens (including phenoxy) is 1. The lowest BCUT2D eigenvalue weighted by Crippen LogP contribution is -2.50. The van der Waals surface area contributed by atoms with Gasteiger partial charge in [-0.15, -0.1) is 0 Å². The number of carbonyl (C=O) groups excluding carboxylic acids is 2. The van der Waals surface area contributed by atoms with Gasteiger partial charge in [-0.1, -0.05) is 44.2 Å². The molecule has 6 heteroatoms. The molecule has 6 nitrogen and oxygen atoms in total. The van der Waals surface area contributed by atoms with Crippen LogP contribution in [0.5, 0.6) is 0 Å². The van der Waals surface area contributed by atoms with Gasteiger partial charge in [0, 0.05) is 38.5 Å². The quantitative estimate of drug-likeness (QED) is 0.557. The van der Waals surface area contributed by atoms with Crippen LogP contribution < -0.4 is 4.90 Å². The molecule has 1 fully saturated rings. The summed E-state index contributed by atoms with van der Waals surface area (Å²) < 4.78 is 5.11. The SMILES string of the molecule is CC(C)c1ccc(/C=C/C(=O)OCC(=O)N2CCN(c3ccccn3)CC2)cc1. The third-order valence-corrected chi connectivity index (χ3v) is 4.96. The molecular weight excluding hydrogens is 366 g/mol. The van der Waals surface area contributed by atoms with Crippen LogP contribution in [-0.2, 0) is 14.3 Å². The molecule has 1 amide bonds. The van der Waals surface area contributed by atoms with Crippen molar-refractivity contribution in [2.45, 2.75) is 19.8 Å². The molecule has 1 aromatic carbocycles. The van der Waals surface area contributed by atoms with Crippen molar-refractivity contribution >= 4 is 23.8 Å². The third-order valence-electron chi connectivity index (χ3n) is 4.96. The second-order valence-corrected chi connectivity index (χ2v) is 7.32. The predicted molar refractivity (Wildman–Crippen MR) is 114 cm³/mol. The monoisotopic (exact) mass is 393 g/mol. The molecular formula is C23H27N3O3. The van der Waals surface area contributed by atoms with Crippen molar-refractivity contribution < 1.29 is 14.3 Å². The molecule has 0 spiro atoms. The Bertz CT molecular complexity index is 839. The first kappa shape index (κ1) is 20.6. The van der Waals surface area contributed by atoms with Crippen LogP contribution in [0.2, 0.25) is 0 Å². The van der Waals surface area contributed by atoms with E-state index in [0.29, 0.717) is 32.1 Å². The number of carbonyl (C=O) groups is 2. The first-order valence-corrected chi connectivity index (χ1v) is 9.91. The zero-order valence-electron chi connectivity index (χ0n) is 17.0. The number of rotatable bonds is 6. The highest BCUT2D eigenvalue weighted by atomic mass is 16.5. The van der Waals surface area contributed by atoms with Gasteiger partial charge in [0.25, 0.3) is 5.91 Å². The highest BCUT2D eigenvalue weighted by molar-refractivity contribution is 5.89. The lowest BCUT2D eigenvalue weighted by Gasteiger charge is -2.35. The fraction of sp³-hybridized carbons (Fsp3) is 0.348. The lowest BCUT2D eigenvalue weighted by atomic mass is 10.0. The van der Waals surface area contributed by atoms with Gasteiger partial charge in [0.1, 0.15) is 5.82 Å². The van der Waals surface area contributed by atoms with Crippen LogP contribution in [0.3, 0.4) is 0 Å². The number of hydrogen-bond donors (Lipinski definition) is 0. The summed E-state index contributed by atoms with van der Waals surface area (Å²) in [6.07, 6.45) is 4.82. The number of amides is 1. The first-order valence-electron chi connectivity index (χ1n) is 9.91. The molecule has 0 radical (unpaired) electrons. The van der Waals surface area contributed by atoms with E-state index in [-0.39, 0.29) is 12.5 Å². The van der Waals surface area contributed by atoms with E-state index in [1.54, 1.807) is 17.2 Å². The number of benzene rings is 1.